The van der Waals surface area contributed by atoms with E-state index in [1.54, 1.807) is 43.3 Å². The third-order valence-electron chi connectivity index (χ3n) is 6.36. The van der Waals surface area contributed by atoms with E-state index in [2.05, 4.69) is 5.32 Å². The van der Waals surface area contributed by atoms with Crippen LogP contribution >= 0.6 is 0 Å². The van der Waals surface area contributed by atoms with Gasteiger partial charge in [-0.05, 0) is 83.5 Å². The van der Waals surface area contributed by atoms with Crippen LogP contribution in [-0.2, 0) is 26.2 Å². The van der Waals surface area contributed by atoms with Crippen molar-refractivity contribution < 1.29 is 22.7 Å². The molecule has 0 saturated carbocycles. The minimum atomic E-state index is -4.12. The molecule has 0 aliphatic carbocycles. The average Bonchev–Trinajstić information content (AvgIpc) is 2.90. The van der Waals surface area contributed by atoms with Crippen LogP contribution in [0.5, 0.6) is 5.75 Å². The standard InChI is InChI=1S/C31H39N3O5S/c1-7-39-28-15-13-27(14-16-28)34(40(37,38)29-17-11-23(4)12-18-29)21-30(35)33(25(6)31(36)32-22(2)3)20-26-10-8-9-24(5)19-26/h8-19,22,25H,7,20-21H2,1-6H3,(H,32,36). The van der Waals surface area contributed by atoms with E-state index in [9.17, 15) is 18.0 Å². The van der Waals surface area contributed by atoms with Crippen LogP contribution in [0.3, 0.4) is 0 Å². The lowest BCUT2D eigenvalue weighted by Crippen LogP contribution is -2.52. The van der Waals surface area contributed by atoms with Crippen molar-refractivity contribution in [2.75, 3.05) is 17.5 Å². The van der Waals surface area contributed by atoms with Crippen molar-refractivity contribution in [1.82, 2.24) is 10.2 Å². The van der Waals surface area contributed by atoms with Crippen molar-refractivity contribution >= 4 is 27.5 Å². The van der Waals surface area contributed by atoms with Gasteiger partial charge in [0, 0.05) is 12.6 Å². The molecule has 0 spiro atoms. The Morgan fingerprint density at radius 1 is 0.900 bits per heavy atom. The first-order valence-electron chi connectivity index (χ1n) is 13.4. The van der Waals surface area contributed by atoms with Crippen molar-refractivity contribution in [3.63, 3.8) is 0 Å². The monoisotopic (exact) mass is 565 g/mol. The number of nitrogens with one attached hydrogen (secondary N) is 1. The Bertz CT molecular complexity index is 1400. The number of hydrogen-bond donors (Lipinski definition) is 1. The summed E-state index contributed by atoms with van der Waals surface area (Å²) in [5, 5.41) is 2.86. The molecule has 1 N–H and O–H groups in total. The molecule has 0 aliphatic heterocycles. The quantitative estimate of drug-likeness (QED) is 0.339. The van der Waals surface area contributed by atoms with Crippen LogP contribution in [-0.4, -0.2) is 50.4 Å². The maximum atomic E-state index is 14.0. The number of nitrogens with zero attached hydrogens (tertiary/aromatic N) is 2. The Hall–Kier alpha value is -3.85. The lowest BCUT2D eigenvalue weighted by molar-refractivity contribution is -0.139. The van der Waals surface area contributed by atoms with Crippen LogP contribution < -0.4 is 14.4 Å². The molecule has 0 saturated heterocycles. The minimum absolute atomic E-state index is 0.0654. The normalized spacial score (nSPS) is 12.1. The van der Waals surface area contributed by atoms with Gasteiger partial charge < -0.3 is 15.0 Å². The molecule has 3 rings (SSSR count). The lowest BCUT2D eigenvalue weighted by atomic mass is 10.1. The molecule has 0 bridgehead atoms. The second-order valence-electron chi connectivity index (χ2n) is 10.1. The minimum Gasteiger partial charge on any atom is -0.494 e. The third-order valence-corrected chi connectivity index (χ3v) is 8.15. The van der Waals surface area contributed by atoms with Gasteiger partial charge in [0.25, 0.3) is 10.0 Å². The summed E-state index contributed by atoms with van der Waals surface area (Å²) in [4.78, 5) is 28.5. The maximum absolute atomic E-state index is 14.0. The SMILES string of the molecule is CCOc1ccc(N(CC(=O)N(Cc2cccc(C)c2)C(C)C(=O)NC(C)C)S(=O)(=O)c2ccc(C)cc2)cc1. The highest BCUT2D eigenvalue weighted by atomic mass is 32.2. The van der Waals surface area contributed by atoms with E-state index in [0.717, 1.165) is 21.0 Å². The molecule has 1 atom stereocenters. The number of amides is 2. The van der Waals surface area contributed by atoms with Gasteiger partial charge in [-0.1, -0.05) is 47.5 Å². The van der Waals surface area contributed by atoms with Crippen molar-refractivity contribution in [1.29, 1.82) is 0 Å². The van der Waals surface area contributed by atoms with E-state index < -0.39 is 28.5 Å². The highest BCUT2D eigenvalue weighted by molar-refractivity contribution is 7.92. The third kappa shape index (κ3) is 7.85. The topological polar surface area (TPSA) is 96.0 Å². The van der Waals surface area contributed by atoms with Crippen LogP contribution in [0.15, 0.2) is 77.7 Å². The highest BCUT2D eigenvalue weighted by Crippen LogP contribution is 2.27. The van der Waals surface area contributed by atoms with Gasteiger partial charge in [0.15, 0.2) is 0 Å². The molecular formula is C31H39N3O5S. The van der Waals surface area contributed by atoms with Crippen LogP contribution in [0.4, 0.5) is 5.69 Å². The molecule has 1 unspecified atom stereocenters. The number of ether oxygens (including phenoxy) is 1. The van der Waals surface area contributed by atoms with Gasteiger partial charge >= 0.3 is 0 Å². The Morgan fingerprint density at radius 3 is 2.12 bits per heavy atom. The van der Waals surface area contributed by atoms with E-state index >= 15 is 0 Å². The number of benzene rings is 3. The van der Waals surface area contributed by atoms with Crippen LogP contribution in [0, 0.1) is 13.8 Å². The molecular weight excluding hydrogens is 526 g/mol. The molecule has 0 aliphatic rings. The molecule has 0 fully saturated rings. The largest absolute Gasteiger partial charge is 0.494 e. The van der Waals surface area contributed by atoms with Gasteiger partial charge in [0.05, 0.1) is 17.2 Å². The van der Waals surface area contributed by atoms with Gasteiger partial charge in [0.2, 0.25) is 11.8 Å². The fourth-order valence-electron chi connectivity index (χ4n) is 4.24. The second-order valence-corrected chi connectivity index (χ2v) is 12.0. The summed E-state index contributed by atoms with van der Waals surface area (Å²) in [5.41, 5.74) is 3.08. The number of hydrogen-bond acceptors (Lipinski definition) is 5. The Morgan fingerprint density at radius 2 is 1.55 bits per heavy atom. The molecule has 40 heavy (non-hydrogen) atoms. The van der Waals surface area contributed by atoms with E-state index in [4.69, 9.17) is 4.74 Å². The molecule has 3 aromatic carbocycles. The fourth-order valence-corrected chi connectivity index (χ4v) is 5.65. The summed E-state index contributed by atoms with van der Waals surface area (Å²) >= 11 is 0. The Labute approximate surface area is 238 Å². The zero-order valence-corrected chi connectivity index (χ0v) is 24.9. The van der Waals surface area contributed by atoms with Gasteiger partial charge in [-0.2, -0.15) is 0 Å². The zero-order chi connectivity index (χ0) is 29.4. The number of carbonyl (C=O) groups excluding carboxylic acids is 2. The molecule has 9 heteroatoms. The lowest BCUT2D eigenvalue weighted by Gasteiger charge is -2.32. The molecule has 214 valence electrons. The van der Waals surface area contributed by atoms with Gasteiger partial charge in [-0.25, -0.2) is 8.42 Å². The number of aryl methyl sites for hydroxylation is 2. The predicted octanol–water partition coefficient (Wildman–Crippen LogP) is 4.84. The second kappa shape index (κ2) is 13.5. The van der Waals surface area contributed by atoms with Crippen LogP contribution in [0.25, 0.3) is 0 Å². The summed E-state index contributed by atoms with van der Waals surface area (Å²) < 4.78 is 34.4. The summed E-state index contributed by atoms with van der Waals surface area (Å²) in [7, 11) is -4.12. The predicted molar refractivity (Wildman–Crippen MR) is 158 cm³/mol. The highest BCUT2D eigenvalue weighted by Gasteiger charge is 2.32. The van der Waals surface area contributed by atoms with Crippen LogP contribution in [0.1, 0.15) is 44.4 Å². The first-order valence-corrected chi connectivity index (χ1v) is 14.8. The van der Waals surface area contributed by atoms with Crippen molar-refractivity contribution in [2.24, 2.45) is 0 Å². The molecule has 3 aromatic rings. The summed E-state index contributed by atoms with van der Waals surface area (Å²) in [6, 6.07) is 19.8. The maximum Gasteiger partial charge on any atom is 0.264 e. The van der Waals surface area contributed by atoms with Gasteiger partial charge in [-0.15, -0.1) is 0 Å². The van der Waals surface area contributed by atoms with Gasteiger partial charge in [-0.3, -0.25) is 13.9 Å². The summed E-state index contributed by atoms with van der Waals surface area (Å²) in [6.45, 7) is 11.2. The molecule has 8 nitrogen and oxygen atoms in total. The molecule has 0 aromatic heterocycles. The first-order chi connectivity index (χ1) is 18.9. The number of anilines is 1. The van der Waals surface area contributed by atoms with Crippen LogP contribution in [0.2, 0.25) is 0 Å². The average molecular weight is 566 g/mol. The Balaban J connectivity index is 2.03. The van der Waals surface area contributed by atoms with Crippen molar-refractivity contribution in [3.05, 3.63) is 89.5 Å². The molecule has 0 radical (unpaired) electrons. The molecule has 0 heterocycles. The van der Waals surface area contributed by atoms with E-state index in [1.165, 1.54) is 17.0 Å². The van der Waals surface area contributed by atoms with E-state index in [1.807, 2.05) is 58.9 Å². The van der Waals surface area contributed by atoms with E-state index in [-0.39, 0.29) is 23.4 Å². The molecule has 2 amide bonds. The van der Waals surface area contributed by atoms with Crippen molar-refractivity contribution in [3.8, 4) is 5.75 Å². The van der Waals surface area contributed by atoms with E-state index in [0.29, 0.717) is 18.0 Å². The van der Waals surface area contributed by atoms with Crippen molar-refractivity contribution in [2.45, 2.75) is 65.1 Å². The first kappa shape index (κ1) is 30.7. The number of rotatable bonds is 12. The fraction of sp³-hybridized carbons (Fsp3) is 0.355. The Kier molecular flexibility index (Phi) is 10.3. The van der Waals surface area contributed by atoms with Gasteiger partial charge in [0.1, 0.15) is 18.3 Å². The summed E-state index contributed by atoms with van der Waals surface area (Å²) in [6.07, 6.45) is 0. The zero-order valence-electron chi connectivity index (χ0n) is 24.0. The number of sulfonamides is 1. The number of carbonyl (C=O) groups is 2. The summed E-state index contributed by atoms with van der Waals surface area (Å²) in [5.74, 6) is -0.229. The smallest absolute Gasteiger partial charge is 0.264 e.